The largest absolute Gasteiger partial charge is 0.469 e. The minimum atomic E-state index is -0.344. The average Bonchev–Trinajstić information content (AvgIpc) is 2.94. The Kier molecular flexibility index (Phi) is 4.76. The maximum atomic E-state index is 12.3. The van der Waals surface area contributed by atoms with Gasteiger partial charge >= 0.3 is 5.97 Å². The topological polar surface area (TPSA) is 81.9 Å². The van der Waals surface area contributed by atoms with Crippen LogP contribution in [0.2, 0.25) is 0 Å². The molecule has 0 aromatic rings. The van der Waals surface area contributed by atoms with Gasteiger partial charge in [-0.2, -0.15) is 0 Å². The molecule has 2 unspecified atom stereocenters. The molecule has 0 saturated carbocycles. The molecule has 2 saturated heterocycles. The minimum Gasteiger partial charge on any atom is -0.469 e. The maximum Gasteiger partial charge on any atom is 0.308 e. The summed E-state index contributed by atoms with van der Waals surface area (Å²) in [5, 5.41) is 0. The summed E-state index contributed by atoms with van der Waals surface area (Å²) in [4.78, 5) is 25.5. The molecule has 6 nitrogen and oxygen atoms in total. The fourth-order valence-corrected chi connectivity index (χ4v) is 2.77. The van der Waals surface area contributed by atoms with Crippen molar-refractivity contribution in [2.75, 3.05) is 26.7 Å². The van der Waals surface area contributed by atoms with E-state index in [0.29, 0.717) is 32.5 Å². The van der Waals surface area contributed by atoms with E-state index in [1.807, 2.05) is 0 Å². The lowest BCUT2D eigenvalue weighted by Crippen LogP contribution is -2.45. The highest BCUT2D eigenvalue weighted by molar-refractivity contribution is 5.81. The molecular formula is C13H22N2O4. The highest BCUT2D eigenvalue weighted by Gasteiger charge is 2.35. The van der Waals surface area contributed by atoms with Crippen molar-refractivity contribution in [3.63, 3.8) is 0 Å². The molecule has 0 radical (unpaired) electrons. The Bertz CT molecular complexity index is 340. The van der Waals surface area contributed by atoms with Gasteiger partial charge in [0.1, 0.15) is 6.10 Å². The van der Waals surface area contributed by atoms with E-state index in [2.05, 4.69) is 0 Å². The van der Waals surface area contributed by atoms with Crippen LogP contribution in [0.25, 0.3) is 0 Å². The fourth-order valence-electron chi connectivity index (χ4n) is 2.77. The summed E-state index contributed by atoms with van der Waals surface area (Å²) < 4.78 is 10.3. The first-order valence-electron chi connectivity index (χ1n) is 6.87. The van der Waals surface area contributed by atoms with E-state index in [-0.39, 0.29) is 30.0 Å². The SMILES string of the molecule is COC(=O)C1CCN(C(=O)C2CCC(CN)O2)CC1. The fraction of sp³-hybridized carbons (Fsp3) is 0.846. The molecule has 0 bridgehead atoms. The molecule has 108 valence electrons. The quantitative estimate of drug-likeness (QED) is 0.724. The Balaban J connectivity index is 1.81. The van der Waals surface area contributed by atoms with Crippen LogP contribution in [-0.4, -0.2) is 55.7 Å². The van der Waals surface area contributed by atoms with Gasteiger partial charge in [0.15, 0.2) is 0 Å². The Morgan fingerprint density at radius 2 is 1.95 bits per heavy atom. The Hall–Kier alpha value is -1.14. The number of amides is 1. The van der Waals surface area contributed by atoms with Crippen LogP contribution in [0.4, 0.5) is 0 Å². The van der Waals surface area contributed by atoms with Crippen LogP contribution in [0, 0.1) is 5.92 Å². The lowest BCUT2D eigenvalue weighted by Gasteiger charge is -2.32. The summed E-state index contributed by atoms with van der Waals surface area (Å²) in [6, 6.07) is 0. The van der Waals surface area contributed by atoms with E-state index in [0.717, 1.165) is 12.8 Å². The second-order valence-corrected chi connectivity index (χ2v) is 5.18. The Morgan fingerprint density at radius 3 is 2.47 bits per heavy atom. The van der Waals surface area contributed by atoms with Crippen molar-refractivity contribution >= 4 is 11.9 Å². The van der Waals surface area contributed by atoms with Crippen molar-refractivity contribution in [1.82, 2.24) is 4.90 Å². The number of piperidine rings is 1. The van der Waals surface area contributed by atoms with Crippen LogP contribution in [0.3, 0.4) is 0 Å². The lowest BCUT2D eigenvalue weighted by molar-refractivity contribution is -0.151. The Morgan fingerprint density at radius 1 is 1.26 bits per heavy atom. The number of methoxy groups -OCH3 is 1. The van der Waals surface area contributed by atoms with Crippen molar-refractivity contribution in [3.05, 3.63) is 0 Å². The van der Waals surface area contributed by atoms with Crippen molar-refractivity contribution < 1.29 is 19.1 Å². The van der Waals surface area contributed by atoms with Crippen molar-refractivity contribution in [2.24, 2.45) is 11.7 Å². The maximum absolute atomic E-state index is 12.3. The number of rotatable bonds is 3. The highest BCUT2D eigenvalue weighted by Crippen LogP contribution is 2.24. The molecule has 0 aromatic heterocycles. The second kappa shape index (κ2) is 6.34. The van der Waals surface area contributed by atoms with Crippen LogP contribution in [-0.2, 0) is 19.1 Å². The molecule has 2 heterocycles. The zero-order chi connectivity index (χ0) is 13.8. The highest BCUT2D eigenvalue weighted by atomic mass is 16.5. The van der Waals surface area contributed by atoms with Gasteiger partial charge in [0.2, 0.25) is 0 Å². The smallest absolute Gasteiger partial charge is 0.308 e. The van der Waals surface area contributed by atoms with E-state index in [1.54, 1.807) is 4.90 Å². The molecule has 2 rings (SSSR count). The number of carbonyl (C=O) groups excluding carboxylic acids is 2. The predicted octanol–water partition coefficient (Wildman–Crippen LogP) is -0.0957. The van der Waals surface area contributed by atoms with E-state index in [9.17, 15) is 9.59 Å². The molecule has 2 atom stereocenters. The average molecular weight is 270 g/mol. The number of carbonyl (C=O) groups is 2. The third-order valence-electron chi connectivity index (χ3n) is 3.99. The van der Waals surface area contributed by atoms with Crippen LogP contribution < -0.4 is 5.73 Å². The first-order chi connectivity index (χ1) is 9.15. The van der Waals surface area contributed by atoms with E-state index >= 15 is 0 Å². The van der Waals surface area contributed by atoms with Gasteiger partial charge in [0.25, 0.3) is 5.91 Å². The van der Waals surface area contributed by atoms with Crippen molar-refractivity contribution in [1.29, 1.82) is 0 Å². The zero-order valence-corrected chi connectivity index (χ0v) is 11.3. The first-order valence-corrected chi connectivity index (χ1v) is 6.87. The standard InChI is InChI=1S/C13H22N2O4/c1-18-13(17)9-4-6-15(7-5-9)12(16)11-3-2-10(8-14)19-11/h9-11H,2-8,14H2,1H3. The summed E-state index contributed by atoms with van der Waals surface area (Å²) in [6.07, 6.45) is 2.62. The lowest BCUT2D eigenvalue weighted by atomic mass is 9.96. The van der Waals surface area contributed by atoms with Crippen molar-refractivity contribution in [2.45, 2.75) is 37.9 Å². The van der Waals surface area contributed by atoms with Gasteiger partial charge in [-0.25, -0.2) is 0 Å². The van der Waals surface area contributed by atoms with E-state index < -0.39 is 0 Å². The molecule has 2 aliphatic heterocycles. The van der Waals surface area contributed by atoms with Crippen LogP contribution in [0.15, 0.2) is 0 Å². The van der Waals surface area contributed by atoms with Crippen LogP contribution >= 0.6 is 0 Å². The van der Waals surface area contributed by atoms with Crippen molar-refractivity contribution in [3.8, 4) is 0 Å². The molecule has 0 spiro atoms. The van der Waals surface area contributed by atoms with Gasteiger partial charge in [0.05, 0.1) is 19.1 Å². The molecule has 1 amide bonds. The molecular weight excluding hydrogens is 248 g/mol. The predicted molar refractivity (Wildman–Crippen MR) is 68.3 cm³/mol. The van der Waals surface area contributed by atoms with Gasteiger partial charge in [-0.1, -0.05) is 0 Å². The van der Waals surface area contributed by atoms with Crippen LogP contribution in [0.1, 0.15) is 25.7 Å². The molecule has 19 heavy (non-hydrogen) atoms. The number of hydrogen-bond acceptors (Lipinski definition) is 5. The molecule has 2 aliphatic rings. The number of nitrogens with two attached hydrogens (primary N) is 1. The third kappa shape index (κ3) is 3.25. The monoisotopic (exact) mass is 270 g/mol. The number of nitrogens with zero attached hydrogens (tertiary/aromatic N) is 1. The summed E-state index contributed by atoms with van der Waals surface area (Å²) >= 11 is 0. The van der Waals surface area contributed by atoms with Gasteiger partial charge in [0, 0.05) is 19.6 Å². The summed E-state index contributed by atoms with van der Waals surface area (Å²) in [7, 11) is 1.40. The third-order valence-corrected chi connectivity index (χ3v) is 3.99. The summed E-state index contributed by atoms with van der Waals surface area (Å²) in [5.74, 6) is -0.206. The number of ether oxygens (including phenoxy) is 2. The van der Waals surface area contributed by atoms with Crippen LogP contribution in [0.5, 0.6) is 0 Å². The first kappa shape index (κ1) is 14.3. The summed E-state index contributed by atoms with van der Waals surface area (Å²) in [6.45, 7) is 1.67. The molecule has 2 fully saturated rings. The van der Waals surface area contributed by atoms with Gasteiger partial charge in [-0.15, -0.1) is 0 Å². The molecule has 6 heteroatoms. The van der Waals surface area contributed by atoms with Gasteiger partial charge < -0.3 is 20.1 Å². The second-order valence-electron chi connectivity index (χ2n) is 5.18. The zero-order valence-electron chi connectivity index (χ0n) is 11.3. The Labute approximate surface area is 113 Å². The minimum absolute atomic E-state index is 0.0153. The molecule has 0 aliphatic carbocycles. The summed E-state index contributed by atoms with van der Waals surface area (Å²) in [5.41, 5.74) is 5.54. The molecule has 2 N–H and O–H groups in total. The molecule has 0 aromatic carbocycles. The number of likely N-dealkylation sites (tertiary alicyclic amines) is 1. The van der Waals surface area contributed by atoms with E-state index in [4.69, 9.17) is 15.2 Å². The number of hydrogen-bond donors (Lipinski definition) is 1. The van der Waals surface area contributed by atoms with E-state index in [1.165, 1.54) is 7.11 Å². The van der Waals surface area contributed by atoms with Gasteiger partial charge in [-0.05, 0) is 25.7 Å². The van der Waals surface area contributed by atoms with Gasteiger partial charge in [-0.3, -0.25) is 9.59 Å². The number of esters is 1. The normalized spacial score (nSPS) is 28.4.